The Labute approximate surface area is 110 Å². The molecule has 0 saturated heterocycles. The summed E-state index contributed by atoms with van der Waals surface area (Å²) in [6.45, 7) is 6.43. The molecular weight excluding hydrogens is 222 g/mol. The average molecular weight is 248 g/mol. The van der Waals surface area contributed by atoms with Crippen molar-refractivity contribution in [2.45, 2.75) is 64.6 Å². The van der Waals surface area contributed by atoms with Crippen molar-refractivity contribution in [3.63, 3.8) is 0 Å². The maximum Gasteiger partial charge on any atom is 0.130 e. The van der Waals surface area contributed by atoms with Gasteiger partial charge >= 0.3 is 0 Å². The number of rotatable bonds is 4. The Morgan fingerprint density at radius 3 is 2.39 bits per heavy atom. The summed E-state index contributed by atoms with van der Waals surface area (Å²) in [6.07, 6.45) is 4.63. The molecular formula is C16H26NO+. The predicted molar refractivity (Wildman–Crippen MR) is 74.6 cm³/mol. The third-order valence-corrected chi connectivity index (χ3v) is 3.90. The van der Waals surface area contributed by atoms with Gasteiger partial charge in [-0.3, -0.25) is 0 Å². The number of aryl methyl sites for hydroxylation is 2. The lowest BCUT2D eigenvalue weighted by Crippen LogP contribution is -2.94. The molecule has 0 heterocycles. The summed E-state index contributed by atoms with van der Waals surface area (Å²) in [5.74, 6) is 0. The summed E-state index contributed by atoms with van der Waals surface area (Å²) in [5.41, 5.74) is 4.02. The highest BCUT2D eigenvalue weighted by Crippen LogP contribution is 2.25. The van der Waals surface area contributed by atoms with Crippen LogP contribution < -0.4 is 5.32 Å². The standard InChI is InChI=1S/C16H25NO/c1-11(2)17-12(3)16(18)15-9-8-13-6-4-5-7-14(13)10-15/h8-12,16-18H,4-7H2,1-3H3/p+1/t12-,16+/m0/s1. The number of aliphatic hydroxyl groups is 1. The van der Waals surface area contributed by atoms with Gasteiger partial charge in [0.05, 0.1) is 6.04 Å². The second kappa shape index (κ2) is 5.85. The average Bonchev–Trinajstić information content (AvgIpc) is 2.36. The quantitative estimate of drug-likeness (QED) is 0.839. The number of quaternary nitrogens is 1. The molecule has 0 bridgehead atoms. The summed E-state index contributed by atoms with van der Waals surface area (Å²) in [4.78, 5) is 0. The van der Waals surface area contributed by atoms with Gasteiger partial charge in [0, 0.05) is 0 Å². The minimum Gasteiger partial charge on any atom is -0.382 e. The lowest BCUT2D eigenvalue weighted by atomic mass is 9.88. The van der Waals surface area contributed by atoms with Crippen LogP contribution in [0, 0.1) is 0 Å². The summed E-state index contributed by atoms with van der Waals surface area (Å²) >= 11 is 0. The number of hydrogen-bond acceptors (Lipinski definition) is 1. The molecule has 0 aromatic heterocycles. The predicted octanol–water partition coefficient (Wildman–Crippen LogP) is 1.96. The molecule has 1 aromatic carbocycles. The lowest BCUT2D eigenvalue weighted by molar-refractivity contribution is -0.720. The zero-order valence-electron chi connectivity index (χ0n) is 11.8. The van der Waals surface area contributed by atoms with Crippen LogP contribution in [0.15, 0.2) is 18.2 Å². The summed E-state index contributed by atoms with van der Waals surface area (Å²) < 4.78 is 0. The van der Waals surface area contributed by atoms with Crippen molar-refractivity contribution in [1.82, 2.24) is 0 Å². The van der Waals surface area contributed by atoms with Gasteiger partial charge in [0.15, 0.2) is 0 Å². The van der Waals surface area contributed by atoms with Gasteiger partial charge in [-0.15, -0.1) is 0 Å². The first-order valence-electron chi connectivity index (χ1n) is 7.22. The van der Waals surface area contributed by atoms with Crippen LogP contribution in [0.2, 0.25) is 0 Å². The Bertz CT molecular complexity index is 400. The first-order chi connectivity index (χ1) is 8.58. The molecule has 3 N–H and O–H groups in total. The van der Waals surface area contributed by atoms with Crippen molar-refractivity contribution in [2.24, 2.45) is 0 Å². The molecule has 0 fully saturated rings. The van der Waals surface area contributed by atoms with Gasteiger partial charge in [-0.25, -0.2) is 0 Å². The molecule has 0 unspecified atom stereocenters. The first kappa shape index (κ1) is 13.6. The highest BCUT2D eigenvalue weighted by molar-refractivity contribution is 5.35. The van der Waals surface area contributed by atoms with Crippen LogP contribution in [0.1, 0.15) is 56.4 Å². The first-order valence-corrected chi connectivity index (χ1v) is 7.22. The molecule has 2 heteroatoms. The molecule has 0 radical (unpaired) electrons. The zero-order valence-corrected chi connectivity index (χ0v) is 11.8. The van der Waals surface area contributed by atoms with Gasteiger partial charge in [-0.1, -0.05) is 18.2 Å². The van der Waals surface area contributed by atoms with Crippen LogP contribution in [0.3, 0.4) is 0 Å². The topological polar surface area (TPSA) is 36.8 Å². The molecule has 2 nitrogen and oxygen atoms in total. The van der Waals surface area contributed by atoms with Gasteiger partial charge in [0.25, 0.3) is 0 Å². The molecule has 0 aliphatic heterocycles. The van der Waals surface area contributed by atoms with Crippen molar-refractivity contribution < 1.29 is 10.4 Å². The summed E-state index contributed by atoms with van der Waals surface area (Å²) in [7, 11) is 0. The number of nitrogens with two attached hydrogens (primary N) is 1. The Hall–Kier alpha value is -0.860. The minimum absolute atomic E-state index is 0.214. The molecule has 18 heavy (non-hydrogen) atoms. The Morgan fingerprint density at radius 2 is 1.72 bits per heavy atom. The maximum absolute atomic E-state index is 10.4. The fourth-order valence-corrected chi connectivity index (χ4v) is 2.95. The van der Waals surface area contributed by atoms with Gasteiger partial charge < -0.3 is 10.4 Å². The number of hydrogen-bond donors (Lipinski definition) is 2. The molecule has 0 amide bonds. The summed E-state index contributed by atoms with van der Waals surface area (Å²) in [5, 5.41) is 12.6. The molecule has 0 spiro atoms. The second-order valence-corrected chi connectivity index (χ2v) is 5.98. The fraction of sp³-hybridized carbons (Fsp3) is 0.625. The fourth-order valence-electron chi connectivity index (χ4n) is 2.95. The van der Waals surface area contributed by atoms with E-state index in [4.69, 9.17) is 0 Å². The molecule has 100 valence electrons. The normalized spacial score (nSPS) is 18.5. The second-order valence-electron chi connectivity index (χ2n) is 5.98. The highest BCUT2D eigenvalue weighted by Gasteiger charge is 2.21. The van der Waals surface area contributed by atoms with E-state index in [-0.39, 0.29) is 12.1 Å². The van der Waals surface area contributed by atoms with Crippen molar-refractivity contribution in [1.29, 1.82) is 0 Å². The van der Waals surface area contributed by atoms with Crippen molar-refractivity contribution in [3.8, 4) is 0 Å². The minimum atomic E-state index is -0.361. The van der Waals surface area contributed by atoms with Gasteiger partial charge in [0.1, 0.15) is 12.1 Å². The van der Waals surface area contributed by atoms with Gasteiger partial charge in [-0.2, -0.15) is 0 Å². The molecule has 2 atom stereocenters. The smallest absolute Gasteiger partial charge is 0.130 e. The van der Waals surface area contributed by atoms with E-state index < -0.39 is 0 Å². The third-order valence-electron chi connectivity index (χ3n) is 3.90. The van der Waals surface area contributed by atoms with Crippen LogP contribution in [0.5, 0.6) is 0 Å². The van der Waals surface area contributed by atoms with Crippen LogP contribution in [0.25, 0.3) is 0 Å². The SMILES string of the molecule is CC(C)[NH2+][C@@H](C)[C@@H](O)c1ccc2c(c1)CCCC2. The van der Waals surface area contributed by atoms with Crippen molar-refractivity contribution >= 4 is 0 Å². The Morgan fingerprint density at radius 1 is 1.06 bits per heavy atom. The van der Waals surface area contributed by atoms with E-state index in [1.807, 2.05) is 0 Å². The van der Waals surface area contributed by atoms with E-state index in [1.54, 1.807) is 0 Å². The van der Waals surface area contributed by atoms with E-state index in [2.05, 4.69) is 44.3 Å². The largest absolute Gasteiger partial charge is 0.382 e. The number of aliphatic hydroxyl groups excluding tert-OH is 1. The molecule has 2 rings (SSSR count). The van der Waals surface area contributed by atoms with Crippen LogP contribution in [-0.4, -0.2) is 17.2 Å². The van der Waals surface area contributed by atoms with E-state index in [9.17, 15) is 5.11 Å². The summed E-state index contributed by atoms with van der Waals surface area (Å²) in [6, 6.07) is 7.29. The Kier molecular flexibility index (Phi) is 4.41. The number of benzene rings is 1. The monoisotopic (exact) mass is 248 g/mol. The van der Waals surface area contributed by atoms with Gasteiger partial charge in [-0.05, 0) is 63.1 Å². The van der Waals surface area contributed by atoms with Crippen molar-refractivity contribution in [2.75, 3.05) is 0 Å². The van der Waals surface area contributed by atoms with Gasteiger partial charge in [0.2, 0.25) is 0 Å². The van der Waals surface area contributed by atoms with E-state index in [0.29, 0.717) is 6.04 Å². The maximum atomic E-state index is 10.4. The zero-order chi connectivity index (χ0) is 13.1. The van der Waals surface area contributed by atoms with Crippen LogP contribution in [-0.2, 0) is 12.8 Å². The van der Waals surface area contributed by atoms with E-state index >= 15 is 0 Å². The lowest BCUT2D eigenvalue weighted by Gasteiger charge is -2.22. The van der Waals surface area contributed by atoms with Crippen LogP contribution in [0.4, 0.5) is 0 Å². The molecule has 1 aliphatic rings. The van der Waals surface area contributed by atoms with Crippen LogP contribution >= 0.6 is 0 Å². The molecule has 1 aromatic rings. The molecule has 1 aliphatic carbocycles. The number of fused-ring (bicyclic) bond motifs is 1. The van der Waals surface area contributed by atoms with E-state index in [1.165, 1.54) is 36.8 Å². The highest BCUT2D eigenvalue weighted by atomic mass is 16.3. The van der Waals surface area contributed by atoms with E-state index in [0.717, 1.165) is 5.56 Å². The molecule has 0 saturated carbocycles. The third kappa shape index (κ3) is 3.12. The van der Waals surface area contributed by atoms with Crippen molar-refractivity contribution in [3.05, 3.63) is 34.9 Å². The Balaban J connectivity index is 2.12.